The van der Waals surface area contributed by atoms with E-state index in [-0.39, 0.29) is 6.04 Å². The maximum Gasteiger partial charge on any atom is 0.0596 e. The summed E-state index contributed by atoms with van der Waals surface area (Å²) in [6.07, 6.45) is 0. The van der Waals surface area contributed by atoms with Crippen molar-refractivity contribution in [3.8, 4) is 0 Å². The van der Waals surface area contributed by atoms with E-state index >= 15 is 0 Å². The minimum atomic E-state index is 0.180. The highest BCUT2D eigenvalue weighted by atomic mass is 127. The second-order valence-electron chi connectivity index (χ2n) is 4.37. The van der Waals surface area contributed by atoms with E-state index in [1.165, 1.54) is 20.3 Å². The van der Waals surface area contributed by atoms with E-state index in [9.17, 15) is 0 Å². The Morgan fingerprint density at radius 3 is 2.37 bits per heavy atom. The standard InChI is InChI=1S/C15H14Br2IN/c1-9-7-13(17)11(8-12(9)16)15(19-2)10-5-3-4-6-14(10)18/h3-8,15,19H,1-2H3. The van der Waals surface area contributed by atoms with Crippen LogP contribution in [0.4, 0.5) is 0 Å². The van der Waals surface area contributed by atoms with Crippen LogP contribution in [0.2, 0.25) is 0 Å². The minimum Gasteiger partial charge on any atom is -0.309 e. The van der Waals surface area contributed by atoms with Gasteiger partial charge in [-0.2, -0.15) is 0 Å². The summed E-state index contributed by atoms with van der Waals surface area (Å²) < 4.78 is 3.53. The second-order valence-corrected chi connectivity index (χ2v) is 7.24. The molecule has 1 unspecified atom stereocenters. The molecule has 0 saturated carbocycles. The molecule has 0 fully saturated rings. The van der Waals surface area contributed by atoms with Crippen molar-refractivity contribution in [2.45, 2.75) is 13.0 Å². The topological polar surface area (TPSA) is 12.0 Å². The molecule has 1 N–H and O–H groups in total. The van der Waals surface area contributed by atoms with Crippen molar-refractivity contribution >= 4 is 54.5 Å². The molecule has 0 radical (unpaired) electrons. The van der Waals surface area contributed by atoms with Gasteiger partial charge in [0.05, 0.1) is 6.04 Å². The van der Waals surface area contributed by atoms with Crippen LogP contribution < -0.4 is 5.32 Å². The normalized spacial score (nSPS) is 12.5. The van der Waals surface area contributed by atoms with Gasteiger partial charge in [0.2, 0.25) is 0 Å². The highest BCUT2D eigenvalue weighted by molar-refractivity contribution is 14.1. The number of nitrogens with one attached hydrogen (secondary N) is 1. The summed E-state index contributed by atoms with van der Waals surface area (Å²) in [5, 5.41) is 3.41. The quantitative estimate of drug-likeness (QED) is 0.561. The first-order valence-electron chi connectivity index (χ1n) is 5.92. The molecule has 0 amide bonds. The summed E-state index contributed by atoms with van der Waals surface area (Å²) in [5.74, 6) is 0. The van der Waals surface area contributed by atoms with E-state index in [0.717, 1.165) is 8.95 Å². The minimum absolute atomic E-state index is 0.180. The number of aryl methyl sites for hydroxylation is 1. The molecule has 0 aliphatic heterocycles. The van der Waals surface area contributed by atoms with Gasteiger partial charge in [-0.05, 0) is 71.5 Å². The van der Waals surface area contributed by atoms with Gasteiger partial charge in [0.25, 0.3) is 0 Å². The van der Waals surface area contributed by atoms with Crippen LogP contribution in [0, 0.1) is 10.5 Å². The van der Waals surface area contributed by atoms with Gasteiger partial charge in [-0.3, -0.25) is 0 Å². The first kappa shape index (κ1) is 15.5. The molecule has 0 spiro atoms. The van der Waals surface area contributed by atoms with E-state index in [1.54, 1.807) is 0 Å². The molecule has 1 nitrogen and oxygen atoms in total. The van der Waals surface area contributed by atoms with Crippen LogP contribution in [0.25, 0.3) is 0 Å². The monoisotopic (exact) mass is 493 g/mol. The van der Waals surface area contributed by atoms with Gasteiger partial charge in [-0.15, -0.1) is 0 Å². The predicted molar refractivity (Wildman–Crippen MR) is 96.6 cm³/mol. The summed E-state index contributed by atoms with van der Waals surface area (Å²) in [4.78, 5) is 0. The number of benzene rings is 2. The Morgan fingerprint density at radius 2 is 1.74 bits per heavy atom. The van der Waals surface area contributed by atoms with E-state index in [1.807, 2.05) is 7.05 Å². The summed E-state index contributed by atoms with van der Waals surface area (Å²) >= 11 is 9.69. The lowest BCUT2D eigenvalue weighted by Crippen LogP contribution is -2.19. The van der Waals surface area contributed by atoms with Crippen LogP contribution in [0.3, 0.4) is 0 Å². The molecule has 2 rings (SSSR count). The van der Waals surface area contributed by atoms with Crippen LogP contribution in [-0.4, -0.2) is 7.05 Å². The largest absolute Gasteiger partial charge is 0.309 e. The van der Waals surface area contributed by atoms with Gasteiger partial charge in [0.15, 0.2) is 0 Å². The van der Waals surface area contributed by atoms with Gasteiger partial charge in [-0.25, -0.2) is 0 Å². The summed E-state index contributed by atoms with van der Waals surface area (Å²) in [6.45, 7) is 2.10. The molecule has 0 heterocycles. The fraction of sp³-hybridized carbons (Fsp3) is 0.200. The van der Waals surface area contributed by atoms with E-state index in [4.69, 9.17) is 0 Å². The Bertz CT molecular complexity index is 599. The van der Waals surface area contributed by atoms with Crippen molar-refractivity contribution in [3.63, 3.8) is 0 Å². The third kappa shape index (κ3) is 3.40. The number of halogens is 3. The van der Waals surface area contributed by atoms with Crippen molar-refractivity contribution < 1.29 is 0 Å². The molecule has 2 aromatic rings. The molecule has 4 heteroatoms. The zero-order chi connectivity index (χ0) is 14.0. The Morgan fingerprint density at radius 1 is 1.05 bits per heavy atom. The highest BCUT2D eigenvalue weighted by Crippen LogP contribution is 2.34. The smallest absolute Gasteiger partial charge is 0.0596 e. The maximum absolute atomic E-state index is 3.68. The van der Waals surface area contributed by atoms with Crippen molar-refractivity contribution in [1.82, 2.24) is 5.32 Å². The lowest BCUT2D eigenvalue weighted by atomic mass is 9.98. The molecule has 0 aliphatic rings. The molecule has 1 atom stereocenters. The zero-order valence-corrected chi connectivity index (χ0v) is 16.0. The van der Waals surface area contributed by atoms with Crippen LogP contribution in [-0.2, 0) is 0 Å². The third-order valence-electron chi connectivity index (χ3n) is 3.09. The predicted octanol–water partition coefficient (Wildman–Crippen LogP) is 5.43. The highest BCUT2D eigenvalue weighted by Gasteiger charge is 2.18. The zero-order valence-electron chi connectivity index (χ0n) is 10.7. The molecule has 0 saturated heterocycles. The second kappa shape index (κ2) is 6.70. The van der Waals surface area contributed by atoms with Crippen molar-refractivity contribution in [2.24, 2.45) is 0 Å². The van der Waals surface area contributed by atoms with Crippen molar-refractivity contribution in [1.29, 1.82) is 0 Å². The average molecular weight is 495 g/mol. The molecule has 100 valence electrons. The van der Waals surface area contributed by atoms with Gasteiger partial charge >= 0.3 is 0 Å². The van der Waals surface area contributed by atoms with Crippen molar-refractivity contribution in [3.05, 3.63) is 65.6 Å². The third-order valence-corrected chi connectivity index (χ3v) is 5.62. The fourth-order valence-electron chi connectivity index (χ4n) is 2.07. The molecule has 19 heavy (non-hydrogen) atoms. The average Bonchev–Trinajstić information content (AvgIpc) is 2.38. The molecular weight excluding hydrogens is 481 g/mol. The molecule has 0 aliphatic carbocycles. The lowest BCUT2D eigenvalue weighted by molar-refractivity contribution is 0.685. The fourth-order valence-corrected chi connectivity index (χ4v) is 3.82. The Hall–Kier alpha value is 0.0900. The van der Waals surface area contributed by atoms with Crippen LogP contribution in [0.1, 0.15) is 22.7 Å². The van der Waals surface area contributed by atoms with Crippen LogP contribution in [0.5, 0.6) is 0 Å². The maximum atomic E-state index is 3.68. The van der Waals surface area contributed by atoms with Gasteiger partial charge < -0.3 is 5.32 Å². The molecule has 0 bridgehead atoms. The van der Waals surface area contributed by atoms with Gasteiger partial charge in [0, 0.05) is 12.5 Å². The first-order valence-corrected chi connectivity index (χ1v) is 8.58. The van der Waals surface area contributed by atoms with E-state index in [2.05, 4.69) is 103 Å². The molecular formula is C15H14Br2IN. The van der Waals surface area contributed by atoms with Crippen molar-refractivity contribution in [2.75, 3.05) is 7.05 Å². The number of rotatable bonds is 3. The number of hydrogen-bond donors (Lipinski definition) is 1. The molecule has 0 aromatic heterocycles. The van der Waals surface area contributed by atoms with E-state index < -0.39 is 0 Å². The van der Waals surface area contributed by atoms with E-state index in [0.29, 0.717) is 0 Å². The van der Waals surface area contributed by atoms with Gasteiger partial charge in [0.1, 0.15) is 0 Å². The lowest BCUT2D eigenvalue weighted by Gasteiger charge is -2.21. The Labute approximate surface area is 144 Å². The SMILES string of the molecule is CNC(c1cc(Br)c(C)cc1Br)c1ccccc1I. The Kier molecular flexibility index (Phi) is 5.45. The summed E-state index contributed by atoms with van der Waals surface area (Å²) in [7, 11) is 1.99. The Balaban J connectivity index is 2.55. The summed E-state index contributed by atoms with van der Waals surface area (Å²) in [5.41, 5.74) is 3.76. The summed E-state index contributed by atoms with van der Waals surface area (Å²) in [6, 6.07) is 13.0. The van der Waals surface area contributed by atoms with Crippen LogP contribution >= 0.6 is 54.5 Å². The number of hydrogen-bond acceptors (Lipinski definition) is 1. The van der Waals surface area contributed by atoms with Gasteiger partial charge in [-0.1, -0.05) is 50.1 Å². The first-order chi connectivity index (χ1) is 9.04. The van der Waals surface area contributed by atoms with Crippen LogP contribution in [0.15, 0.2) is 45.3 Å². The molecule has 2 aromatic carbocycles.